The highest BCUT2D eigenvalue weighted by Crippen LogP contribution is 2.30. The van der Waals surface area contributed by atoms with E-state index in [0.29, 0.717) is 0 Å². The molecule has 0 amide bonds. The monoisotopic (exact) mass is 197 g/mol. The number of hydrogen-bond acceptors (Lipinski definition) is 2. The van der Waals surface area contributed by atoms with Gasteiger partial charge in [-0.25, -0.2) is 4.39 Å². The molecular formula is C11H16FNO. The first-order valence-electron chi connectivity index (χ1n) is 4.66. The van der Waals surface area contributed by atoms with Crippen molar-refractivity contribution in [3.8, 4) is 5.75 Å². The number of hydrogen-bond donors (Lipinski definition) is 1. The molecule has 78 valence electrons. The van der Waals surface area contributed by atoms with E-state index in [-0.39, 0.29) is 23.5 Å². The largest absolute Gasteiger partial charge is 0.493 e. The van der Waals surface area contributed by atoms with E-state index < -0.39 is 0 Å². The second-order valence-corrected chi connectivity index (χ2v) is 3.63. The zero-order valence-corrected chi connectivity index (χ0v) is 8.75. The summed E-state index contributed by atoms with van der Waals surface area (Å²) in [5, 5.41) is 0. The van der Waals surface area contributed by atoms with Crippen LogP contribution >= 0.6 is 0 Å². The van der Waals surface area contributed by atoms with E-state index in [2.05, 4.69) is 0 Å². The number of nitrogens with two attached hydrogens (primary N) is 1. The highest BCUT2D eigenvalue weighted by atomic mass is 19.1. The van der Waals surface area contributed by atoms with Crippen LogP contribution in [0.3, 0.4) is 0 Å². The molecule has 0 radical (unpaired) electrons. The average molecular weight is 197 g/mol. The number of para-hydroxylation sites is 1. The zero-order valence-electron chi connectivity index (χ0n) is 8.75. The average Bonchev–Trinajstić information content (AvgIpc) is 2.16. The van der Waals surface area contributed by atoms with Crippen LogP contribution in [0.25, 0.3) is 0 Å². The van der Waals surface area contributed by atoms with Crippen LogP contribution in [0.2, 0.25) is 0 Å². The zero-order chi connectivity index (χ0) is 10.7. The Morgan fingerprint density at radius 1 is 1.36 bits per heavy atom. The minimum atomic E-state index is -0.360. The number of methoxy groups -OCH3 is 1. The van der Waals surface area contributed by atoms with Crippen LogP contribution in [-0.4, -0.2) is 7.11 Å². The van der Waals surface area contributed by atoms with E-state index in [1.54, 1.807) is 12.1 Å². The first-order valence-corrected chi connectivity index (χ1v) is 4.66. The summed E-state index contributed by atoms with van der Waals surface area (Å²) in [5.74, 6) is 0.153. The van der Waals surface area contributed by atoms with Gasteiger partial charge in [0.05, 0.1) is 7.11 Å². The molecule has 0 saturated heterocycles. The number of halogens is 1. The van der Waals surface area contributed by atoms with Gasteiger partial charge < -0.3 is 10.5 Å². The van der Waals surface area contributed by atoms with Crippen molar-refractivity contribution >= 4 is 0 Å². The van der Waals surface area contributed by atoms with Crippen molar-refractivity contribution in [2.24, 2.45) is 11.7 Å². The lowest BCUT2D eigenvalue weighted by Crippen LogP contribution is -2.17. The molecule has 3 heteroatoms. The number of rotatable bonds is 3. The normalized spacial score (nSPS) is 13.0. The van der Waals surface area contributed by atoms with E-state index in [0.717, 1.165) is 5.56 Å². The lowest BCUT2D eigenvalue weighted by Gasteiger charge is -2.19. The summed E-state index contributed by atoms with van der Waals surface area (Å²) in [6, 6.07) is 4.62. The Labute approximate surface area is 83.9 Å². The number of ether oxygens (including phenoxy) is 1. The SMILES string of the molecule is COc1c(F)cccc1C(N)C(C)C. The molecule has 0 aliphatic heterocycles. The summed E-state index contributed by atoms with van der Waals surface area (Å²) < 4.78 is 18.3. The fraction of sp³-hybridized carbons (Fsp3) is 0.455. The fourth-order valence-electron chi connectivity index (χ4n) is 1.36. The molecular weight excluding hydrogens is 181 g/mol. The van der Waals surface area contributed by atoms with Crippen molar-refractivity contribution in [1.29, 1.82) is 0 Å². The summed E-state index contributed by atoms with van der Waals surface area (Å²) >= 11 is 0. The second kappa shape index (κ2) is 4.42. The van der Waals surface area contributed by atoms with Crippen molar-refractivity contribution in [2.75, 3.05) is 7.11 Å². The van der Waals surface area contributed by atoms with Crippen LogP contribution in [-0.2, 0) is 0 Å². The summed E-state index contributed by atoms with van der Waals surface area (Å²) in [7, 11) is 1.45. The van der Waals surface area contributed by atoms with E-state index in [1.807, 2.05) is 13.8 Å². The molecule has 2 nitrogen and oxygen atoms in total. The summed E-state index contributed by atoms with van der Waals surface area (Å²) in [6.45, 7) is 3.99. The quantitative estimate of drug-likeness (QED) is 0.808. The minimum Gasteiger partial charge on any atom is -0.493 e. The Hall–Kier alpha value is -1.09. The van der Waals surface area contributed by atoms with Gasteiger partial charge in [-0.1, -0.05) is 26.0 Å². The predicted octanol–water partition coefficient (Wildman–Crippen LogP) is 2.49. The molecule has 0 aliphatic rings. The molecule has 0 aromatic heterocycles. The lowest BCUT2D eigenvalue weighted by molar-refractivity contribution is 0.370. The molecule has 0 aliphatic carbocycles. The Bertz CT molecular complexity index is 312. The number of benzene rings is 1. The maximum atomic E-state index is 13.3. The smallest absolute Gasteiger partial charge is 0.165 e. The van der Waals surface area contributed by atoms with Gasteiger partial charge in [-0.15, -0.1) is 0 Å². The molecule has 14 heavy (non-hydrogen) atoms. The van der Waals surface area contributed by atoms with Gasteiger partial charge in [-0.2, -0.15) is 0 Å². The third-order valence-electron chi connectivity index (χ3n) is 2.28. The maximum Gasteiger partial charge on any atom is 0.165 e. The predicted molar refractivity (Wildman–Crippen MR) is 54.7 cm³/mol. The van der Waals surface area contributed by atoms with Gasteiger partial charge in [0.25, 0.3) is 0 Å². The molecule has 1 unspecified atom stereocenters. The summed E-state index contributed by atoms with van der Waals surface area (Å²) in [6.07, 6.45) is 0. The van der Waals surface area contributed by atoms with Gasteiger partial charge in [0.15, 0.2) is 11.6 Å². The van der Waals surface area contributed by atoms with Crippen LogP contribution in [0.15, 0.2) is 18.2 Å². The molecule has 0 fully saturated rings. The van der Waals surface area contributed by atoms with Crippen LogP contribution < -0.4 is 10.5 Å². The molecule has 0 heterocycles. The van der Waals surface area contributed by atoms with Gasteiger partial charge in [-0.3, -0.25) is 0 Å². The molecule has 1 aromatic carbocycles. The molecule has 0 saturated carbocycles. The lowest BCUT2D eigenvalue weighted by atomic mass is 9.96. The molecule has 1 rings (SSSR count). The van der Waals surface area contributed by atoms with Crippen molar-refractivity contribution < 1.29 is 9.13 Å². The van der Waals surface area contributed by atoms with Gasteiger partial charge in [0, 0.05) is 11.6 Å². The second-order valence-electron chi connectivity index (χ2n) is 3.63. The van der Waals surface area contributed by atoms with Crippen molar-refractivity contribution in [3.05, 3.63) is 29.6 Å². The Kier molecular flexibility index (Phi) is 3.47. The van der Waals surface area contributed by atoms with E-state index in [1.165, 1.54) is 13.2 Å². The van der Waals surface area contributed by atoms with E-state index in [4.69, 9.17) is 10.5 Å². The van der Waals surface area contributed by atoms with Gasteiger partial charge in [0.2, 0.25) is 0 Å². The highest BCUT2D eigenvalue weighted by Gasteiger charge is 2.17. The van der Waals surface area contributed by atoms with Gasteiger partial charge in [0.1, 0.15) is 0 Å². The first kappa shape index (κ1) is 11.0. The topological polar surface area (TPSA) is 35.2 Å². The molecule has 2 N–H and O–H groups in total. The fourth-order valence-corrected chi connectivity index (χ4v) is 1.36. The van der Waals surface area contributed by atoms with Crippen molar-refractivity contribution in [3.63, 3.8) is 0 Å². The third-order valence-corrected chi connectivity index (χ3v) is 2.28. The summed E-state index contributed by atoms with van der Waals surface area (Å²) in [5.41, 5.74) is 6.66. The van der Waals surface area contributed by atoms with E-state index >= 15 is 0 Å². The molecule has 1 atom stereocenters. The summed E-state index contributed by atoms with van der Waals surface area (Å²) in [4.78, 5) is 0. The van der Waals surface area contributed by atoms with Crippen LogP contribution in [0, 0.1) is 11.7 Å². The highest BCUT2D eigenvalue weighted by molar-refractivity contribution is 5.37. The Morgan fingerprint density at radius 3 is 2.50 bits per heavy atom. The maximum absolute atomic E-state index is 13.3. The standard InChI is InChI=1S/C11H16FNO/c1-7(2)10(13)8-5-4-6-9(12)11(8)14-3/h4-7,10H,13H2,1-3H3. The van der Waals surface area contributed by atoms with E-state index in [9.17, 15) is 4.39 Å². The van der Waals surface area contributed by atoms with Crippen molar-refractivity contribution in [1.82, 2.24) is 0 Å². The van der Waals surface area contributed by atoms with Crippen LogP contribution in [0.4, 0.5) is 4.39 Å². The molecule has 0 spiro atoms. The van der Waals surface area contributed by atoms with Crippen LogP contribution in [0.5, 0.6) is 5.75 Å². The van der Waals surface area contributed by atoms with Gasteiger partial charge >= 0.3 is 0 Å². The molecule has 0 bridgehead atoms. The first-order chi connectivity index (χ1) is 6.57. The third kappa shape index (κ3) is 2.04. The van der Waals surface area contributed by atoms with Gasteiger partial charge in [-0.05, 0) is 12.0 Å². The van der Waals surface area contributed by atoms with Crippen molar-refractivity contribution in [2.45, 2.75) is 19.9 Å². The molecule has 1 aromatic rings. The Morgan fingerprint density at radius 2 is 2.00 bits per heavy atom. The minimum absolute atomic E-state index is 0.194. The Balaban J connectivity index is 3.13. The van der Waals surface area contributed by atoms with Crippen LogP contribution in [0.1, 0.15) is 25.5 Å².